The molecule has 3 aromatic carbocycles. The van der Waals surface area contributed by atoms with Gasteiger partial charge in [0.15, 0.2) is 5.13 Å². The van der Waals surface area contributed by atoms with Crippen molar-refractivity contribution in [1.82, 2.24) is 4.98 Å². The van der Waals surface area contributed by atoms with E-state index in [1.807, 2.05) is 19.9 Å². The molecule has 9 heteroatoms. The van der Waals surface area contributed by atoms with Gasteiger partial charge in [-0.05, 0) is 61.9 Å². The molecule has 1 aromatic heterocycles. The second-order valence-electron chi connectivity index (χ2n) is 8.24. The van der Waals surface area contributed by atoms with Crippen molar-refractivity contribution in [2.75, 3.05) is 18.1 Å². The van der Waals surface area contributed by atoms with E-state index in [-0.39, 0.29) is 16.5 Å². The van der Waals surface area contributed by atoms with E-state index in [0.717, 1.165) is 4.70 Å². The molecule has 1 aliphatic heterocycles. The first-order chi connectivity index (χ1) is 17.9. The number of aliphatic hydroxyl groups excluding tert-OH is 1. The van der Waals surface area contributed by atoms with Crippen LogP contribution in [0, 0.1) is 5.82 Å². The van der Waals surface area contributed by atoms with Crippen LogP contribution in [0.25, 0.3) is 16.0 Å². The largest absolute Gasteiger partial charge is 0.507 e. The minimum absolute atomic E-state index is 0.112. The first-order valence-electron chi connectivity index (χ1n) is 11.7. The number of carbonyl (C=O) groups excluding carboxylic acids is 2. The van der Waals surface area contributed by atoms with E-state index in [1.54, 1.807) is 36.4 Å². The summed E-state index contributed by atoms with van der Waals surface area (Å²) < 4.78 is 25.6. The number of thiazole rings is 1. The van der Waals surface area contributed by atoms with E-state index in [2.05, 4.69) is 4.98 Å². The van der Waals surface area contributed by atoms with Gasteiger partial charge in [0.1, 0.15) is 23.1 Å². The molecule has 1 N–H and O–H groups in total. The fourth-order valence-electron chi connectivity index (χ4n) is 4.30. The van der Waals surface area contributed by atoms with Gasteiger partial charge in [-0.2, -0.15) is 0 Å². The number of fused-ring (bicyclic) bond motifs is 1. The van der Waals surface area contributed by atoms with Crippen LogP contribution >= 0.6 is 11.3 Å². The zero-order valence-corrected chi connectivity index (χ0v) is 20.9. The molecular weight excluding hydrogens is 495 g/mol. The first-order valence-corrected chi connectivity index (χ1v) is 12.6. The van der Waals surface area contributed by atoms with Gasteiger partial charge in [0.25, 0.3) is 5.78 Å². The number of hydrogen-bond acceptors (Lipinski definition) is 7. The average Bonchev–Trinajstić information content (AvgIpc) is 3.42. The van der Waals surface area contributed by atoms with E-state index in [0.29, 0.717) is 41.4 Å². The molecule has 37 heavy (non-hydrogen) atoms. The lowest BCUT2D eigenvalue weighted by Crippen LogP contribution is -2.29. The van der Waals surface area contributed by atoms with Crippen molar-refractivity contribution in [2.24, 2.45) is 0 Å². The number of ether oxygens (including phenoxy) is 2. The number of halogens is 1. The van der Waals surface area contributed by atoms with E-state index < -0.39 is 23.5 Å². The summed E-state index contributed by atoms with van der Waals surface area (Å²) in [7, 11) is 0. The summed E-state index contributed by atoms with van der Waals surface area (Å²) in [6, 6.07) is 16.5. The standard InChI is InChI=1S/C28H23FN2O5S/c1-3-35-19-7-5-6-17(14-19)25(32)23-24(16-8-10-18(29)11-9-16)31(27(34)26(23)33)28-30-21-13-12-20(36-4-2)15-22(21)37-28/h5-15,24,32H,3-4H2,1-2H3. The second kappa shape index (κ2) is 10.0. The quantitative estimate of drug-likeness (QED) is 0.187. The van der Waals surface area contributed by atoms with Gasteiger partial charge in [0.05, 0.1) is 35.0 Å². The molecule has 1 aliphatic rings. The summed E-state index contributed by atoms with van der Waals surface area (Å²) in [5.41, 5.74) is 1.30. The molecular formula is C28H23FN2O5S. The third-order valence-electron chi connectivity index (χ3n) is 5.91. The molecule has 0 bridgehead atoms. The molecule has 1 saturated heterocycles. The van der Waals surface area contributed by atoms with Crippen molar-refractivity contribution in [3.8, 4) is 11.5 Å². The lowest BCUT2D eigenvalue weighted by Gasteiger charge is -2.23. The van der Waals surface area contributed by atoms with E-state index >= 15 is 0 Å². The van der Waals surface area contributed by atoms with Crippen LogP contribution in [0.1, 0.15) is 31.0 Å². The molecule has 0 spiro atoms. The monoisotopic (exact) mass is 518 g/mol. The zero-order chi connectivity index (χ0) is 26.1. The highest BCUT2D eigenvalue weighted by Gasteiger charge is 2.48. The molecule has 4 aromatic rings. The van der Waals surface area contributed by atoms with Crippen molar-refractivity contribution in [2.45, 2.75) is 19.9 Å². The SMILES string of the molecule is CCOc1cccc(C(O)=C2C(=O)C(=O)N(c3nc4ccc(OCC)cc4s3)C2c2ccc(F)cc2)c1. The minimum Gasteiger partial charge on any atom is -0.507 e. The normalized spacial score (nSPS) is 16.9. The Morgan fingerprint density at radius 3 is 2.41 bits per heavy atom. The van der Waals surface area contributed by atoms with Crippen LogP contribution in [0.2, 0.25) is 0 Å². The van der Waals surface area contributed by atoms with Crippen LogP contribution in [0.3, 0.4) is 0 Å². The van der Waals surface area contributed by atoms with Gasteiger partial charge in [-0.25, -0.2) is 9.37 Å². The third-order valence-corrected chi connectivity index (χ3v) is 6.93. The van der Waals surface area contributed by atoms with Crippen molar-refractivity contribution in [1.29, 1.82) is 0 Å². The maximum Gasteiger partial charge on any atom is 0.301 e. The maximum atomic E-state index is 13.8. The predicted molar refractivity (Wildman–Crippen MR) is 140 cm³/mol. The Morgan fingerprint density at radius 1 is 1.00 bits per heavy atom. The summed E-state index contributed by atoms with van der Waals surface area (Å²) in [4.78, 5) is 32.6. The molecule has 0 radical (unpaired) electrons. The van der Waals surface area contributed by atoms with Crippen molar-refractivity contribution >= 4 is 44.1 Å². The Labute approximate surface area is 216 Å². The zero-order valence-electron chi connectivity index (χ0n) is 20.1. The predicted octanol–water partition coefficient (Wildman–Crippen LogP) is 5.86. The summed E-state index contributed by atoms with van der Waals surface area (Å²) in [6.07, 6.45) is 0. The number of anilines is 1. The molecule has 1 fully saturated rings. The Hall–Kier alpha value is -4.24. The third kappa shape index (κ3) is 4.53. The molecule has 1 unspecified atom stereocenters. The Morgan fingerprint density at radius 2 is 1.70 bits per heavy atom. The topological polar surface area (TPSA) is 89.0 Å². The van der Waals surface area contributed by atoms with Gasteiger partial charge in [0, 0.05) is 5.56 Å². The number of carbonyl (C=O) groups is 2. The molecule has 0 saturated carbocycles. The number of Topliss-reactive ketones (excluding diaryl/α,β-unsaturated/α-hetero) is 1. The summed E-state index contributed by atoms with van der Waals surface area (Å²) in [5.74, 6) is -1.33. The van der Waals surface area contributed by atoms with Gasteiger partial charge in [-0.15, -0.1) is 0 Å². The van der Waals surface area contributed by atoms with Gasteiger partial charge in [0.2, 0.25) is 0 Å². The van der Waals surface area contributed by atoms with Crippen LogP contribution in [0.4, 0.5) is 9.52 Å². The Bertz CT molecular complexity index is 1530. The van der Waals surface area contributed by atoms with Gasteiger partial charge in [-0.3, -0.25) is 14.5 Å². The van der Waals surface area contributed by atoms with Crippen LogP contribution in [-0.4, -0.2) is 35.0 Å². The molecule has 2 heterocycles. The molecule has 0 aliphatic carbocycles. The number of benzene rings is 3. The fourth-order valence-corrected chi connectivity index (χ4v) is 5.32. The number of aliphatic hydroxyl groups is 1. The number of aromatic nitrogens is 1. The Balaban J connectivity index is 1.68. The van der Waals surface area contributed by atoms with Gasteiger partial charge in [-0.1, -0.05) is 35.6 Å². The number of nitrogens with zero attached hydrogens (tertiary/aromatic N) is 2. The first kappa shape index (κ1) is 24.5. The van der Waals surface area contributed by atoms with Crippen LogP contribution in [-0.2, 0) is 9.59 Å². The van der Waals surface area contributed by atoms with E-state index in [4.69, 9.17) is 9.47 Å². The fraction of sp³-hybridized carbons (Fsp3) is 0.179. The molecule has 188 valence electrons. The van der Waals surface area contributed by atoms with Crippen molar-refractivity contribution in [3.05, 3.63) is 89.2 Å². The average molecular weight is 519 g/mol. The highest BCUT2D eigenvalue weighted by molar-refractivity contribution is 7.22. The molecule has 1 atom stereocenters. The summed E-state index contributed by atoms with van der Waals surface area (Å²) in [5, 5.41) is 11.6. The van der Waals surface area contributed by atoms with Gasteiger partial charge >= 0.3 is 5.91 Å². The highest BCUT2D eigenvalue weighted by atomic mass is 32.1. The van der Waals surface area contributed by atoms with Crippen molar-refractivity contribution in [3.63, 3.8) is 0 Å². The Kier molecular flexibility index (Phi) is 6.62. The van der Waals surface area contributed by atoms with Crippen LogP contribution < -0.4 is 14.4 Å². The van der Waals surface area contributed by atoms with E-state index in [9.17, 15) is 19.1 Å². The smallest absolute Gasteiger partial charge is 0.301 e. The number of ketones is 1. The van der Waals surface area contributed by atoms with Crippen LogP contribution in [0.15, 0.2) is 72.3 Å². The minimum atomic E-state index is -1.01. The lowest BCUT2D eigenvalue weighted by atomic mass is 9.95. The van der Waals surface area contributed by atoms with E-state index in [1.165, 1.54) is 40.5 Å². The molecule has 7 nitrogen and oxygen atoms in total. The molecule has 5 rings (SSSR count). The lowest BCUT2D eigenvalue weighted by molar-refractivity contribution is -0.132. The number of rotatable bonds is 7. The van der Waals surface area contributed by atoms with Gasteiger partial charge < -0.3 is 14.6 Å². The van der Waals surface area contributed by atoms with Crippen molar-refractivity contribution < 1.29 is 28.6 Å². The van der Waals surface area contributed by atoms with Crippen LogP contribution in [0.5, 0.6) is 11.5 Å². The number of amides is 1. The molecule has 1 amide bonds. The maximum absolute atomic E-state index is 13.8. The summed E-state index contributed by atoms with van der Waals surface area (Å²) in [6.45, 7) is 4.64. The summed E-state index contributed by atoms with van der Waals surface area (Å²) >= 11 is 1.22. The number of hydrogen-bond donors (Lipinski definition) is 1. The second-order valence-corrected chi connectivity index (χ2v) is 9.25. The highest BCUT2D eigenvalue weighted by Crippen LogP contribution is 2.44.